The molecule has 0 saturated carbocycles. The number of hydrogen-bond acceptors (Lipinski definition) is 2. The van der Waals surface area contributed by atoms with E-state index in [4.69, 9.17) is 0 Å². The maximum absolute atomic E-state index is 13.0. The summed E-state index contributed by atoms with van der Waals surface area (Å²) < 4.78 is 14.3. The molecule has 2 aromatic heterocycles. The number of nitrogens with zero attached hydrogens (tertiary/aromatic N) is 2. The Bertz CT molecular complexity index is 902. The average molecular weight is 367 g/mol. The number of fused-ring (bicyclic) bond motifs is 1. The van der Waals surface area contributed by atoms with Crippen LogP contribution in [0.3, 0.4) is 0 Å². The molecule has 0 unspecified atom stereocenters. The van der Waals surface area contributed by atoms with Crippen LogP contribution in [0.4, 0.5) is 4.39 Å². The molecule has 0 saturated heterocycles. The quantitative estimate of drug-likeness (QED) is 0.579. The summed E-state index contributed by atoms with van der Waals surface area (Å²) in [5.74, 6) is -0.121. The first-order chi connectivity index (χ1) is 13.0. The first-order valence-corrected chi connectivity index (χ1v) is 9.41. The number of rotatable bonds is 8. The van der Waals surface area contributed by atoms with Crippen molar-refractivity contribution in [2.24, 2.45) is 0 Å². The first-order valence-electron chi connectivity index (χ1n) is 9.41. The van der Waals surface area contributed by atoms with Gasteiger partial charge in [0.2, 0.25) is 0 Å². The predicted octanol–water partition coefficient (Wildman–Crippen LogP) is 4.84. The highest BCUT2D eigenvalue weighted by molar-refractivity contribution is 6.06. The highest BCUT2D eigenvalue weighted by Crippen LogP contribution is 2.24. The van der Waals surface area contributed by atoms with Crippen LogP contribution in [-0.4, -0.2) is 22.1 Å². The van der Waals surface area contributed by atoms with Crippen LogP contribution in [0.5, 0.6) is 0 Å². The molecule has 0 aliphatic heterocycles. The molecule has 5 heteroatoms. The molecule has 4 nitrogen and oxygen atoms in total. The molecular weight excluding hydrogens is 341 g/mol. The fraction of sp³-hybridized carbons (Fsp3) is 0.364. The fourth-order valence-corrected chi connectivity index (χ4v) is 3.31. The van der Waals surface area contributed by atoms with E-state index in [-0.39, 0.29) is 12.6 Å². The molecule has 2 heterocycles. The van der Waals surface area contributed by atoms with Gasteiger partial charge in [-0.1, -0.05) is 30.3 Å². The van der Waals surface area contributed by atoms with E-state index in [0.29, 0.717) is 12.0 Å². The van der Waals surface area contributed by atoms with Gasteiger partial charge in [-0.3, -0.25) is 9.18 Å². The number of amides is 1. The summed E-state index contributed by atoms with van der Waals surface area (Å²) in [5, 5.41) is 3.98. The molecule has 142 valence electrons. The molecule has 1 amide bonds. The number of pyridine rings is 1. The summed E-state index contributed by atoms with van der Waals surface area (Å²) in [6.45, 7) is 4.43. The van der Waals surface area contributed by atoms with E-state index in [2.05, 4.69) is 10.3 Å². The lowest BCUT2D eigenvalue weighted by molar-refractivity contribution is 0.0913. The van der Waals surface area contributed by atoms with Gasteiger partial charge in [-0.25, -0.2) is 4.98 Å². The number of carbonyl (C=O) groups is 1. The zero-order chi connectivity index (χ0) is 19.3. The summed E-state index contributed by atoms with van der Waals surface area (Å²) in [5.41, 5.74) is 1.97. The second-order valence-corrected chi connectivity index (χ2v) is 7.31. The second-order valence-electron chi connectivity index (χ2n) is 7.31. The van der Waals surface area contributed by atoms with Crippen molar-refractivity contribution >= 4 is 16.9 Å². The van der Waals surface area contributed by atoms with E-state index in [9.17, 15) is 9.18 Å². The van der Waals surface area contributed by atoms with E-state index < -0.39 is 5.54 Å². The van der Waals surface area contributed by atoms with Gasteiger partial charge in [-0.05, 0) is 50.8 Å². The Morgan fingerprint density at radius 3 is 2.63 bits per heavy atom. The molecule has 0 atom stereocenters. The minimum atomic E-state index is -0.490. The number of hydrogen-bond donors (Lipinski definition) is 1. The predicted molar refractivity (Wildman–Crippen MR) is 106 cm³/mol. The molecule has 27 heavy (non-hydrogen) atoms. The standard InChI is InChI=1S/C22H26FN3O/c1-22(2,17-10-5-3-6-11-17)25-21(27)19-16-26(15-8-4-7-13-23)20-18(19)12-9-14-24-20/h3,5-6,9-12,14,16H,4,7-8,13,15H2,1-2H3,(H,25,27). The summed E-state index contributed by atoms with van der Waals surface area (Å²) in [6.07, 6.45) is 5.86. The van der Waals surface area contributed by atoms with Gasteiger partial charge in [-0.15, -0.1) is 0 Å². The Kier molecular flexibility index (Phi) is 5.89. The minimum Gasteiger partial charge on any atom is -0.343 e. The molecule has 0 spiro atoms. The van der Waals surface area contributed by atoms with Crippen molar-refractivity contribution in [3.63, 3.8) is 0 Å². The molecule has 0 radical (unpaired) electrons. The largest absolute Gasteiger partial charge is 0.343 e. The SMILES string of the molecule is CC(C)(NC(=O)c1cn(CCCCCF)c2ncccc12)c1ccccc1. The van der Waals surface area contributed by atoms with E-state index in [0.717, 1.165) is 36.0 Å². The maximum atomic E-state index is 13.0. The summed E-state index contributed by atoms with van der Waals surface area (Å²) in [7, 11) is 0. The third-order valence-corrected chi connectivity index (χ3v) is 4.83. The third kappa shape index (κ3) is 4.35. The number of aromatic nitrogens is 2. The van der Waals surface area contributed by atoms with Crippen LogP contribution in [0.2, 0.25) is 0 Å². The maximum Gasteiger partial charge on any atom is 0.254 e. The van der Waals surface area contributed by atoms with Crippen LogP contribution in [0.15, 0.2) is 54.9 Å². The molecule has 1 N–H and O–H groups in total. The van der Waals surface area contributed by atoms with E-state index >= 15 is 0 Å². The van der Waals surface area contributed by atoms with Gasteiger partial charge < -0.3 is 9.88 Å². The molecule has 3 aromatic rings. The van der Waals surface area contributed by atoms with Crippen LogP contribution in [0.25, 0.3) is 11.0 Å². The van der Waals surface area contributed by atoms with Crippen molar-refractivity contribution < 1.29 is 9.18 Å². The number of aryl methyl sites for hydroxylation is 1. The van der Waals surface area contributed by atoms with Crippen molar-refractivity contribution in [3.05, 3.63) is 66.0 Å². The Morgan fingerprint density at radius 1 is 1.11 bits per heavy atom. The van der Waals surface area contributed by atoms with E-state index in [1.165, 1.54) is 0 Å². The third-order valence-electron chi connectivity index (χ3n) is 4.83. The van der Waals surface area contributed by atoms with Gasteiger partial charge >= 0.3 is 0 Å². The molecule has 0 aliphatic carbocycles. The molecule has 3 rings (SSSR count). The van der Waals surface area contributed by atoms with Gasteiger partial charge in [0.05, 0.1) is 17.8 Å². The van der Waals surface area contributed by atoms with Crippen molar-refractivity contribution in [3.8, 4) is 0 Å². The minimum absolute atomic E-state index is 0.121. The van der Waals surface area contributed by atoms with Gasteiger partial charge in [-0.2, -0.15) is 0 Å². The number of carbonyl (C=O) groups excluding carboxylic acids is 1. The molecule has 0 bridgehead atoms. The van der Waals surface area contributed by atoms with Crippen molar-refractivity contribution in [1.29, 1.82) is 0 Å². The highest BCUT2D eigenvalue weighted by Gasteiger charge is 2.25. The topological polar surface area (TPSA) is 46.9 Å². The van der Waals surface area contributed by atoms with Gasteiger partial charge in [0, 0.05) is 24.3 Å². The van der Waals surface area contributed by atoms with Crippen LogP contribution >= 0.6 is 0 Å². The van der Waals surface area contributed by atoms with Crippen molar-refractivity contribution in [2.75, 3.05) is 6.67 Å². The zero-order valence-electron chi connectivity index (χ0n) is 15.9. The Balaban J connectivity index is 1.84. The van der Waals surface area contributed by atoms with Crippen molar-refractivity contribution in [1.82, 2.24) is 14.9 Å². The van der Waals surface area contributed by atoms with Crippen LogP contribution in [0.1, 0.15) is 49.0 Å². The Morgan fingerprint density at radius 2 is 1.89 bits per heavy atom. The second kappa shape index (κ2) is 8.33. The molecule has 1 aromatic carbocycles. The van der Waals surface area contributed by atoms with Crippen LogP contribution < -0.4 is 5.32 Å². The molecular formula is C22H26FN3O. The van der Waals surface area contributed by atoms with Gasteiger partial charge in [0.15, 0.2) is 0 Å². The van der Waals surface area contributed by atoms with Crippen LogP contribution in [0, 0.1) is 0 Å². The van der Waals surface area contributed by atoms with Gasteiger partial charge in [0.25, 0.3) is 5.91 Å². The lowest BCUT2D eigenvalue weighted by Gasteiger charge is -2.26. The Labute approximate surface area is 159 Å². The lowest BCUT2D eigenvalue weighted by atomic mass is 9.94. The smallest absolute Gasteiger partial charge is 0.254 e. The molecule has 0 aliphatic rings. The van der Waals surface area contributed by atoms with Gasteiger partial charge in [0.1, 0.15) is 5.65 Å². The zero-order valence-corrected chi connectivity index (χ0v) is 15.9. The fourth-order valence-electron chi connectivity index (χ4n) is 3.31. The van der Waals surface area contributed by atoms with Crippen LogP contribution in [-0.2, 0) is 12.1 Å². The summed E-state index contributed by atoms with van der Waals surface area (Å²) in [4.78, 5) is 17.5. The summed E-state index contributed by atoms with van der Waals surface area (Å²) in [6, 6.07) is 13.7. The summed E-state index contributed by atoms with van der Waals surface area (Å²) >= 11 is 0. The average Bonchev–Trinajstić information content (AvgIpc) is 3.05. The number of nitrogens with one attached hydrogen (secondary N) is 1. The number of halogens is 1. The van der Waals surface area contributed by atoms with E-state index in [1.807, 2.05) is 67.1 Å². The van der Waals surface area contributed by atoms with E-state index in [1.54, 1.807) is 6.20 Å². The van der Waals surface area contributed by atoms with Crippen molar-refractivity contribution in [2.45, 2.75) is 45.2 Å². The number of unbranched alkanes of at least 4 members (excludes halogenated alkanes) is 2. The monoisotopic (exact) mass is 367 g/mol. The lowest BCUT2D eigenvalue weighted by Crippen LogP contribution is -2.40. The Hall–Kier alpha value is -2.69. The number of alkyl halides is 1. The number of benzene rings is 1. The normalized spacial score (nSPS) is 11.7. The molecule has 0 fully saturated rings. The highest BCUT2D eigenvalue weighted by atomic mass is 19.1. The first kappa shape index (κ1) is 19.1.